The number of ether oxygens (including phenoxy) is 6. The Kier molecular flexibility index (Phi) is 15.1. The lowest BCUT2D eigenvalue weighted by Crippen LogP contribution is -2.57. The van der Waals surface area contributed by atoms with E-state index in [1.807, 2.05) is 0 Å². The molecule has 11 atom stereocenters. The molecule has 7 unspecified atom stereocenters. The molecule has 0 radical (unpaired) electrons. The van der Waals surface area contributed by atoms with Gasteiger partial charge in [0.15, 0.2) is 12.6 Å². The predicted molar refractivity (Wildman–Crippen MR) is 198 cm³/mol. The molecule has 3 fully saturated rings. The number of fused-ring (bicyclic) bond motifs is 3. The number of rotatable bonds is 12. The number of aliphatic hydroxyl groups is 7. The van der Waals surface area contributed by atoms with Crippen molar-refractivity contribution >= 4 is 0 Å². The van der Waals surface area contributed by atoms with Gasteiger partial charge in [-0.1, -0.05) is 43.5 Å². The molecule has 3 saturated heterocycles. The molecule has 14 heteroatoms. The Morgan fingerprint density at radius 3 is 2.33 bits per heavy atom. The third kappa shape index (κ3) is 10.5. The number of hydrogen-bond donors (Lipinski definition) is 8. The van der Waals surface area contributed by atoms with Crippen LogP contribution in [0, 0.1) is 6.92 Å². The molecule has 2 aromatic rings. The summed E-state index contributed by atoms with van der Waals surface area (Å²) < 4.78 is 35.0. The summed E-state index contributed by atoms with van der Waals surface area (Å²) in [6.45, 7) is 7.94. The zero-order valence-electron chi connectivity index (χ0n) is 32.1. The van der Waals surface area contributed by atoms with E-state index in [0.29, 0.717) is 18.6 Å². The Hall–Kier alpha value is -2.44. The summed E-state index contributed by atoms with van der Waals surface area (Å²) in [6.07, 6.45) is -2.61. The number of aryl methyl sites for hydroxylation is 2. The van der Waals surface area contributed by atoms with E-state index in [9.17, 15) is 30.6 Å². The van der Waals surface area contributed by atoms with Crippen LogP contribution in [0.4, 0.5) is 0 Å². The molecule has 0 aromatic heterocycles. The molecule has 0 aliphatic carbocycles. The van der Waals surface area contributed by atoms with Crippen LogP contribution in [0.2, 0.25) is 0 Å². The van der Waals surface area contributed by atoms with Gasteiger partial charge in [-0.2, -0.15) is 0 Å². The number of unbranched alkanes of at least 4 members (excludes halogenated alkanes) is 2. The Morgan fingerprint density at radius 1 is 0.852 bits per heavy atom. The fraction of sp³-hybridized carbons (Fsp3) is 0.700. The van der Waals surface area contributed by atoms with Crippen molar-refractivity contribution in [3.63, 3.8) is 0 Å². The molecule has 0 saturated carbocycles. The maximum Gasteiger partial charge on any atom is 0.202 e. The highest BCUT2D eigenvalue weighted by Gasteiger charge is 2.41. The second-order valence-corrected chi connectivity index (χ2v) is 15.4. The zero-order valence-corrected chi connectivity index (χ0v) is 32.1. The Balaban J connectivity index is 0.000000223. The van der Waals surface area contributed by atoms with E-state index in [0.717, 1.165) is 35.3 Å². The largest absolute Gasteiger partial charge is 0.482 e. The van der Waals surface area contributed by atoms with Crippen LogP contribution in [0.5, 0.6) is 11.5 Å². The maximum absolute atomic E-state index is 10.3. The van der Waals surface area contributed by atoms with Crippen LogP contribution in [-0.2, 0) is 31.0 Å². The molecule has 54 heavy (non-hydrogen) atoms. The van der Waals surface area contributed by atoms with Gasteiger partial charge in [-0.3, -0.25) is 0 Å². The first kappa shape index (κ1) is 42.7. The molecule has 4 aliphatic heterocycles. The molecule has 0 amide bonds. The lowest BCUT2D eigenvalue weighted by molar-refractivity contribution is -0.276. The highest BCUT2D eigenvalue weighted by atomic mass is 16.7. The van der Waals surface area contributed by atoms with E-state index in [1.165, 1.54) is 24.0 Å². The number of hydrogen-bond acceptors (Lipinski definition) is 14. The first-order chi connectivity index (χ1) is 25.8. The molecule has 0 bridgehead atoms. The molecule has 0 spiro atoms. The van der Waals surface area contributed by atoms with E-state index >= 15 is 0 Å². The van der Waals surface area contributed by atoms with E-state index < -0.39 is 79.8 Å². The lowest BCUT2D eigenvalue weighted by Gasteiger charge is -2.40. The minimum Gasteiger partial charge on any atom is -0.482 e. The van der Waals surface area contributed by atoms with Crippen LogP contribution in [0.15, 0.2) is 30.3 Å². The van der Waals surface area contributed by atoms with E-state index in [-0.39, 0.29) is 26.1 Å². The molecular formula is C40H61NO13. The summed E-state index contributed by atoms with van der Waals surface area (Å²) in [4.78, 5) is 0. The number of benzene rings is 2. The summed E-state index contributed by atoms with van der Waals surface area (Å²) in [5.74, 6) is 1.54. The number of likely N-dealkylation sites (N-methyl/N-ethyl adjacent to an activating group) is 1. The van der Waals surface area contributed by atoms with Gasteiger partial charge in [0.05, 0.1) is 55.8 Å². The highest BCUT2D eigenvalue weighted by Crippen LogP contribution is 2.50. The lowest BCUT2D eigenvalue weighted by atomic mass is 9.84. The quantitative estimate of drug-likeness (QED) is 0.146. The first-order valence-corrected chi connectivity index (χ1v) is 19.3. The second-order valence-electron chi connectivity index (χ2n) is 15.4. The van der Waals surface area contributed by atoms with Gasteiger partial charge in [0.1, 0.15) is 35.4 Å². The van der Waals surface area contributed by atoms with Gasteiger partial charge in [0, 0.05) is 31.2 Å². The smallest absolute Gasteiger partial charge is 0.202 e. The van der Waals surface area contributed by atoms with Crippen LogP contribution >= 0.6 is 0 Å². The van der Waals surface area contributed by atoms with Crippen LogP contribution in [-0.4, -0.2) is 130 Å². The zero-order chi connectivity index (χ0) is 39.2. The van der Waals surface area contributed by atoms with Gasteiger partial charge in [-0.25, -0.2) is 0 Å². The minimum atomic E-state index is -1.16. The van der Waals surface area contributed by atoms with Crippen molar-refractivity contribution in [2.75, 3.05) is 26.9 Å². The number of aliphatic hydroxyl groups excluding tert-OH is 7. The summed E-state index contributed by atoms with van der Waals surface area (Å²) >= 11 is 0. The third-order valence-corrected chi connectivity index (χ3v) is 10.5. The van der Waals surface area contributed by atoms with E-state index in [2.05, 4.69) is 63.3 Å². The molecule has 8 N–H and O–H groups in total. The summed E-state index contributed by atoms with van der Waals surface area (Å²) in [6, 6.07) is 10.3. The highest BCUT2D eigenvalue weighted by molar-refractivity contribution is 5.82. The molecule has 4 heterocycles. The molecule has 14 nitrogen and oxygen atoms in total. The van der Waals surface area contributed by atoms with Crippen molar-refractivity contribution in [2.45, 2.75) is 152 Å². The van der Waals surface area contributed by atoms with Gasteiger partial charge in [-0.15, -0.1) is 0 Å². The van der Waals surface area contributed by atoms with Crippen LogP contribution in [0.1, 0.15) is 82.4 Å². The predicted octanol–water partition coefficient (Wildman–Crippen LogP) is 2.15. The Bertz CT molecular complexity index is 1490. The van der Waals surface area contributed by atoms with Crippen molar-refractivity contribution in [1.29, 1.82) is 0 Å². The van der Waals surface area contributed by atoms with Crippen LogP contribution in [0.3, 0.4) is 0 Å². The standard InChI is InChI=1S/C27H36O5.C13H25NO8/c1-5-6-7-8-18-12-23(31-25-15-19(29)14-20(16-28)30-25)26-21-11-17(2)9-10-22(21)27(3,4)32-24(26)13-18;1-14-12-6(16)2-10(18)21-9(12)5-20-11-3-7(17)13(19)8(4-15)22-11/h9-13,19-20,25,28-29H,5-8,14-16H2,1-4H3;6-19H,2-5H2,1H3/t;6?,7?,8?,9?,10-,11-,12-,13-/m.0/s1. The van der Waals surface area contributed by atoms with Crippen molar-refractivity contribution in [2.24, 2.45) is 0 Å². The average molecular weight is 764 g/mol. The van der Waals surface area contributed by atoms with E-state index in [1.54, 1.807) is 7.05 Å². The second kappa shape index (κ2) is 19.1. The molecular weight excluding hydrogens is 702 g/mol. The third-order valence-electron chi connectivity index (χ3n) is 10.5. The van der Waals surface area contributed by atoms with Gasteiger partial charge < -0.3 is 69.5 Å². The van der Waals surface area contributed by atoms with Gasteiger partial charge in [0.2, 0.25) is 6.29 Å². The van der Waals surface area contributed by atoms with Crippen molar-refractivity contribution < 1.29 is 64.2 Å². The number of nitrogens with one attached hydrogen (secondary N) is 1. The van der Waals surface area contributed by atoms with E-state index in [4.69, 9.17) is 33.5 Å². The molecule has 2 aromatic carbocycles. The van der Waals surface area contributed by atoms with Crippen molar-refractivity contribution in [1.82, 2.24) is 5.32 Å². The SMILES string of the molecule is CCCCCc1cc(OC2CC(O)CC(CO)O2)c2c(c1)OC(C)(C)c1ccc(C)cc1-2.CN[C@H]1C(O)C[C@@H](O)OC1CO[C@@H]1CC(O)[C@H](O)C(CO)O1. The van der Waals surface area contributed by atoms with Crippen LogP contribution < -0.4 is 14.8 Å². The monoisotopic (exact) mass is 763 g/mol. The van der Waals surface area contributed by atoms with Crippen LogP contribution in [0.25, 0.3) is 11.1 Å². The Morgan fingerprint density at radius 2 is 1.63 bits per heavy atom. The maximum atomic E-state index is 10.3. The topological polar surface area (TPSA) is 209 Å². The van der Waals surface area contributed by atoms with Crippen molar-refractivity contribution in [3.05, 3.63) is 47.0 Å². The summed E-state index contributed by atoms with van der Waals surface area (Å²) in [7, 11) is 1.67. The fourth-order valence-electron chi connectivity index (χ4n) is 7.65. The average Bonchev–Trinajstić information content (AvgIpc) is 3.11. The minimum absolute atomic E-state index is 0.0191. The first-order valence-electron chi connectivity index (χ1n) is 19.3. The van der Waals surface area contributed by atoms with Gasteiger partial charge >= 0.3 is 0 Å². The normalized spacial score (nSPS) is 33.1. The van der Waals surface area contributed by atoms with Gasteiger partial charge in [0.25, 0.3) is 0 Å². The van der Waals surface area contributed by atoms with Crippen molar-refractivity contribution in [3.8, 4) is 22.6 Å². The Labute approximate surface area is 317 Å². The summed E-state index contributed by atoms with van der Waals surface area (Å²) in [5.41, 5.74) is 5.07. The molecule has 6 rings (SSSR count). The molecule has 4 aliphatic rings. The fourth-order valence-corrected chi connectivity index (χ4v) is 7.65. The molecule has 304 valence electrons. The van der Waals surface area contributed by atoms with Gasteiger partial charge in [-0.05, 0) is 63.9 Å². The summed E-state index contributed by atoms with van der Waals surface area (Å²) in [5, 5.41) is 70.7.